The second kappa shape index (κ2) is 9.54. The molecule has 8 heteroatoms. The molecule has 0 radical (unpaired) electrons. The summed E-state index contributed by atoms with van der Waals surface area (Å²) in [7, 11) is -1.26. The molecule has 142 valence electrons. The van der Waals surface area contributed by atoms with E-state index in [1.54, 1.807) is 22.7 Å². The molecule has 1 aromatic heterocycles. The Morgan fingerprint density at radius 3 is 2.68 bits per heavy atom. The van der Waals surface area contributed by atoms with Gasteiger partial charge in [0.1, 0.15) is 0 Å². The molecule has 0 saturated carbocycles. The van der Waals surface area contributed by atoms with Crippen LogP contribution in [0.4, 0.5) is 0 Å². The molecule has 2 rings (SSSR count). The minimum absolute atomic E-state index is 0.486. The van der Waals surface area contributed by atoms with Gasteiger partial charge in [0.15, 0.2) is 5.96 Å². The number of rotatable bonds is 7. The molecule has 0 bridgehead atoms. The van der Waals surface area contributed by atoms with Gasteiger partial charge in [-0.3, -0.25) is 4.99 Å². The van der Waals surface area contributed by atoms with Crippen LogP contribution in [0.3, 0.4) is 0 Å². The Morgan fingerprint density at radius 2 is 2.12 bits per heavy atom. The van der Waals surface area contributed by atoms with Crippen molar-refractivity contribution in [3.05, 3.63) is 22.4 Å². The largest absolute Gasteiger partial charge is 0.356 e. The Balaban J connectivity index is 1.67. The molecule has 2 N–H and O–H groups in total. The van der Waals surface area contributed by atoms with Gasteiger partial charge in [-0.05, 0) is 42.5 Å². The lowest BCUT2D eigenvalue weighted by Crippen LogP contribution is -2.44. The molecular weight excluding hydrogens is 356 g/mol. The summed E-state index contributed by atoms with van der Waals surface area (Å²) in [6, 6.07) is 4.27. The van der Waals surface area contributed by atoms with Crippen molar-refractivity contribution in [3.63, 3.8) is 0 Å². The fourth-order valence-corrected chi connectivity index (χ4v) is 4.77. The average molecular weight is 387 g/mol. The zero-order valence-corrected chi connectivity index (χ0v) is 17.0. The number of thiophene rings is 1. The van der Waals surface area contributed by atoms with Crippen molar-refractivity contribution in [3.8, 4) is 0 Å². The molecule has 25 heavy (non-hydrogen) atoms. The van der Waals surface area contributed by atoms with Gasteiger partial charge in [0, 0.05) is 38.1 Å². The fourth-order valence-electron chi connectivity index (χ4n) is 3.02. The first-order chi connectivity index (χ1) is 11.9. The number of nitrogens with zero attached hydrogens (tertiary/aromatic N) is 2. The summed E-state index contributed by atoms with van der Waals surface area (Å²) in [5, 5.41) is 8.89. The van der Waals surface area contributed by atoms with E-state index in [1.807, 2.05) is 0 Å². The van der Waals surface area contributed by atoms with Crippen LogP contribution in [0.1, 0.15) is 24.6 Å². The van der Waals surface area contributed by atoms with Crippen LogP contribution in [0.15, 0.2) is 22.5 Å². The third kappa shape index (κ3) is 6.95. The van der Waals surface area contributed by atoms with Gasteiger partial charge in [-0.15, -0.1) is 11.3 Å². The molecule has 0 aromatic carbocycles. The van der Waals surface area contributed by atoms with E-state index in [-0.39, 0.29) is 0 Å². The monoisotopic (exact) mass is 386 g/mol. The van der Waals surface area contributed by atoms with Crippen LogP contribution < -0.4 is 10.6 Å². The SMILES string of the molecule is CN=C(NCC(C)Cc1cccs1)NCC1CCN(S(C)(=O)=O)CC1. The van der Waals surface area contributed by atoms with Crippen LogP contribution in [0, 0.1) is 11.8 Å². The topological polar surface area (TPSA) is 73.8 Å². The summed E-state index contributed by atoms with van der Waals surface area (Å²) >= 11 is 1.80. The Bertz CT molecular complexity index is 636. The summed E-state index contributed by atoms with van der Waals surface area (Å²) in [6.07, 6.45) is 4.15. The van der Waals surface area contributed by atoms with Gasteiger partial charge in [0.05, 0.1) is 6.26 Å². The smallest absolute Gasteiger partial charge is 0.211 e. The van der Waals surface area contributed by atoms with E-state index in [1.165, 1.54) is 11.1 Å². The molecule has 1 atom stereocenters. The number of sulfonamides is 1. The molecule has 1 aromatic rings. The van der Waals surface area contributed by atoms with Crippen molar-refractivity contribution < 1.29 is 8.42 Å². The van der Waals surface area contributed by atoms with Crippen LogP contribution in [0.5, 0.6) is 0 Å². The first-order valence-corrected chi connectivity index (χ1v) is 11.5. The van der Waals surface area contributed by atoms with Crippen LogP contribution >= 0.6 is 11.3 Å². The van der Waals surface area contributed by atoms with Crippen molar-refractivity contribution in [1.29, 1.82) is 0 Å². The minimum atomic E-state index is -3.05. The van der Waals surface area contributed by atoms with Crippen molar-refractivity contribution in [2.45, 2.75) is 26.2 Å². The molecule has 1 saturated heterocycles. The maximum absolute atomic E-state index is 11.5. The number of piperidine rings is 1. The van der Waals surface area contributed by atoms with Gasteiger partial charge in [-0.2, -0.15) is 0 Å². The van der Waals surface area contributed by atoms with Crippen molar-refractivity contribution in [2.24, 2.45) is 16.8 Å². The molecule has 0 spiro atoms. The Labute approximate surface area is 155 Å². The van der Waals surface area contributed by atoms with Crippen molar-refractivity contribution in [2.75, 3.05) is 39.5 Å². The first-order valence-electron chi connectivity index (χ1n) is 8.80. The maximum Gasteiger partial charge on any atom is 0.211 e. The molecule has 2 heterocycles. The number of aliphatic imine (C=N–C) groups is 1. The van der Waals surface area contributed by atoms with E-state index >= 15 is 0 Å². The summed E-state index contributed by atoms with van der Waals surface area (Å²) < 4.78 is 24.7. The molecule has 0 amide bonds. The maximum atomic E-state index is 11.5. The molecule has 0 aliphatic carbocycles. The normalized spacial score (nSPS) is 18.9. The van der Waals surface area contributed by atoms with Crippen molar-refractivity contribution in [1.82, 2.24) is 14.9 Å². The molecule has 1 aliphatic heterocycles. The number of hydrogen-bond donors (Lipinski definition) is 2. The summed E-state index contributed by atoms with van der Waals surface area (Å²) in [5.41, 5.74) is 0. The highest BCUT2D eigenvalue weighted by atomic mass is 32.2. The number of hydrogen-bond acceptors (Lipinski definition) is 4. The molecule has 1 unspecified atom stereocenters. The van der Waals surface area contributed by atoms with Crippen molar-refractivity contribution >= 4 is 27.3 Å². The highest BCUT2D eigenvalue weighted by Gasteiger charge is 2.24. The van der Waals surface area contributed by atoms with Crippen LogP contribution in [0.25, 0.3) is 0 Å². The van der Waals surface area contributed by atoms with E-state index in [0.717, 1.165) is 38.3 Å². The number of nitrogens with one attached hydrogen (secondary N) is 2. The third-order valence-electron chi connectivity index (χ3n) is 4.57. The lowest BCUT2D eigenvalue weighted by molar-refractivity contribution is 0.274. The second-order valence-corrected chi connectivity index (χ2v) is 9.84. The van der Waals surface area contributed by atoms with E-state index in [4.69, 9.17) is 0 Å². The molecule has 1 aliphatic rings. The average Bonchev–Trinajstić information content (AvgIpc) is 3.07. The zero-order valence-electron chi connectivity index (χ0n) is 15.4. The quantitative estimate of drug-likeness (QED) is 0.553. The van der Waals surface area contributed by atoms with E-state index in [9.17, 15) is 8.42 Å². The van der Waals surface area contributed by atoms with Gasteiger partial charge < -0.3 is 10.6 Å². The Morgan fingerprint density at radius 1 is 1.40 bits per heavy atom. The molecule has 6 nitrogen and oxygen atoms in total. The lowest BCUT2D eigenvalue weighted by atomic mass is 9.98. The van der Waals surface area contributed by atoms with E-state index < -0.39 is 10.0 Å². The fraction of sp³-hybridized carbons (Fsp3) is 0.706. The van der Waals surface area contributed by atoms with Crippen LogP contribution in [-0.2, 0) is 16.4 Å². The summed E-state index contributed by atoms with van der Waals surface area (Å²) in [6.45, 7) is 5.19. The van der Waals surface area contributed by atoms with Crippen LogP contribution in [-0.4, -0.2) is 58.2 Å². The summed E-state index contributed by atoms with van der Waals surface area (Å²) in [4.78, 5) is 5.70. The van der Waals surface area contributed by atoms with Gasteiger partial charge in [-0.1, -0.05) is 13.0 Å². The molecule has 1 fully saturated rings. The van der Waals surface area contributed by atoms with Gasteiger partial charge >= 0.3 is 0 Å². The highest BCUT2D eigenvalue weighted by molar-refractivity contribution is 7.88. The predicted octanol–water partition coefficient (Wildman–Crippen LogP) is 1.76. The summed E-state index contributed by atoms with van der Waals surface area (Å²) in [5.74, 6) is 1.85. The second-order valence-electron chi connectivity index (χ2n) is 6.83. The van der Waals surface area contributed by atoms with Crippen LogP contribution in [0.2, 0.25) is 0 Å². The lowest BCUT2D eigenvalue weighted by Gasteiger charge is -2.30. The number of guanidine groups is 1. The third-order valence-corrected chi connectivity index (χ3v) is 6.77. The predicted molar refractivity (Wildman–Crippen MR) is 106 cm³/mol. The van der Waals surface area contributed by atoms with E-state index in [2.05, 4.69) is 40.1 Å². The zero-order chi connectivity index (χ0) is 18.3. The highest BCUT2D eigenvalue weighted by Crippen LogP contribution is 2.18. The van der Waals surface area contributed by atoms with Gasteiger partial charge in [0.2, 0.25) is 10.0 Å². The standard InChI is InChI=1S/C17H30N4O2S2/c1-14(11-16-5-4-10-24-16)12-19-17(18-2)20-13-15-6-8-21(9-7-15)25(3,22)23/h4-5,10,14-15H,6-9,11-13H2,1-3H3,(H2,18,19,20). The Hall–Kier alpha value is -1.12. The first kappa shape index (κ1) is 20.2. The van der Waals surface area contributed by atoms with Gasteiger partial charge in [-0.25, -0.2) is 12.7 Å². The minimum Gasteiger partial charge on any atom is -0.356 e. The van der Waals surface area contributed by atoms with Gasteiger partial charge in [0.25, 0.3) is 0 Å². The van der Waals surface area contributed by atoms with E-state index in [0.29, 0.717) is 24.9 Å². The Kier molecular flexibility index (Phi) is 7.71. The molecular formula is C17H30N4O2S2.